The van der Waals surface area contributed by atoms with Crippen molar-refractivity contribution in [3.8, 4) is 0 Å². The van der Waals surface area contributed by atoms with E-state index in [-0.39, 0.29) is 12.4 Å². The third-order valence-electron chi connectivity index (χ3n) is 3.01. The number of thiazole rings is 1. The van der Waals surface area contributed by atoms with Gasteiger partial charge >= 0.3 is 0 Å². The molecule has 1 saturated carbocycles. The fourth-order valence-corrected chi connectivity index (χ4v) is 2.82. The molecule has 0 aromatic carbocycles. The van der Waals surface area contributed by atoms with Gasteiger partial charge in [0.2, 0.25) is 0 Å². The van der Waals surface area contributed by atoms with Crippen molar-refractivity contribution in [2.45, 2.75) is 52.1 Å². The molecule has 1 aromatic heterocycles. The van der Waals surface area contributed by atoms with Crippen molar-refractivity contribution in [3.63, 3.8) is 0 Å². The number of nitrogens with zero attached hydrogens (tertiary/aromatic N) is 1. The molecule has 0 atom stereocenters. The van der Waals surface area contributed by atoms with Gasteiger partial charge in [0.05, 0.1) is 10.7 Å². The highest BCUT2D eigenvalue weighted by atomic mass is 35.5. The molecular weight excluding hydrogens is 240 g/mol. The van der Waals surface area contributed by atoms with E-state index in [4.69, 9.17) is 0 Å². The normalized spacial score (nSPS) is 24.0. The lowest BCUT2D eigenvalue weighted by molar-refractivity contribution is 0.240. The molecular formula is C12H21ClN2S. The lowest BCUT2D eigenvalue weighted by Crippen LogP contribution is -2.39. The molecule has 2 nitrogen and oxygen atoms in total. The van der Waals surface area contributed by atoms with Gasteiger partial charge in [-0.3, -0.25) is 0 Å². The van der Waals surface area contributed by atoms with Crippen molar-refractivity contribution in [1.82, 2.24) is 10.3 Å². The standard InChI is InChI=1S/C12H20N2S.ClH/c1-8(2)12-14-11(7-15-12)6-13-10-4-9(3)5-10;/h7-10,13H,4-6H2,1-3H3;1H. The van der Waals surface area contributed by atoms with Crippen LogP contribution in [0.5, 0.6) is 0 Å². The zero-order valence-electron chi connectivity index (χ0n) is 10.2. The van der Waals surface area contributed by atoms with Gasteiger partial charge in [-0.05, 0) is 18.8 Å². The molecule has 1 aliphatic carbocycles. The van der Waals surface area contributed by atoms with Crippen molar-refractivity contribution >= 4 is 23.7 Å². The van der Waals surface area contributed by atoms with Gasteiger partial charge in [0.15, 0.2) is 0 Å². The maximum Gasteiger partial charge on any atom is 0.0954 e. The molecule has 0 bridgehead atoms. The first-order valence-electron chi connectivity index (χ1n) is 5.83. The van der Waals surface area contributed by atoms with Crippen molar-refractivity contribution in [1.29, 1.82) is 0 Å². The van der Waals surface area contributed by atoms with Crippen LogP contribution in [0.2, 0.25) is 0 Å². The number of halogens is 1. The Morgan fingerprint density at radius 3 is 2.69 bits per heavy atom. The van der Waals surface area contributed by atoms with Crippen molar-refractivity contribution in [2.24, 2.45) is 5.92 Å². The summed E-state index contributed by atoms with van der Waals surface area (Å²) in [5.41, 5.74) is 1.21. The number of rotatable bonds is 4. The van der Waals surface area contributed by atoms with Crippen LogP contribution in [0.1, 0.15) is 50.2 Å². The summed E-state index contributed by atoms with van der Waals surface area (Å²) in [6, 6.07) is 0.740. The average Bonchev–Trinajstić information content (AvgIpc) is 2.59. The van der Waals surface area contributed by atoms with Gasteiger partial charge in [0.1, 0.15) is 0 Å². The predicted octanol–water partition coefficient (Wildman–Crippen LogP) is 3.58. The van der Waals surface area contributed by atoms with Crippen LogP contribution >= 0.6 is 23.7 Å². The SMILES string of the molecule is CC1CC(NCc2csc(C(C)C)n2)C1.Cl. The van der Waals surface area contributed by atoms with E-state index in [1.54, 1.807) is 11.3 Å². The fraction of sp³-hybridized carbons (Fsp3) is 0.750. The molecule has 0 unspecified atom stereocenters. The Balaban J connectivity index is 0.00000128. The summed E-state index contributed by atoms with van der Waals surface area (Å²) in [5, 5.41) is 7.01. The Kier molecular flexibility index (Phi) is 5.22. The van der Waals surface area contributed by atoms with E-state index in [1.165, 1.54) is 23.5 Å². The Morgan fingerprint density at radius 1 is 1.50 bits per heavy atom. The van der Waals surface area contributed by atoms with Gasteiger partial charge in [0.25, 0.3) is 0 Å². The van der Waals surface area contributed by atoms with Crippen molar-refractivity contribution in [3.05, 3.63) is 16.1 Å². The molecule has 1 aromatic rings. The Hall–Kier alpha value is -0.120. The molecule has 92 valence electrons. The summed E-state index contributed by atoms with van der Waals surface area (Å²) in [6.45, 7) is 7.66. The monoisotopic (exact) mass is 260 g/mol. The summed E-state index contributed by atoms with van der Waals surface area (Å²) in [5.74, 6) is 1.48. The van der Waals surface area contributed by atoms with E-state index in [1.807, 2.05) is 0 Å². The molecule has 1 aliphatic rings. The minimum Gasteiger partial charge on any atom is -0.308 e. The van der Waals surface area contributed by atoms with E-state index >= 15 is 0 Å². The topological polar surface area (TPSA) is 24.9 Å². The number of hydrogen-bond donors (Lipinski definition) is 1. The van der Waals surface area contributed by atoms with Gasteiger partial charge in [-0.25, -0.2) is 4.98 Å². The maximum atomic E-state index is 4.62. The minimum atomic E-state index is 0. The lowest BCUT2D eigenvalue weighted by atomic mass is 9.82. The second kappa shape index (κ2) is 5.99. The van der Waals surface area contributed by atoms with E-state index in [0.717, 1.165) is 18.5 Å². The molecule has 0 spiro atoms. The highest BCUT2D eigenvalue weighted by Crippen LogP contribution is 2.26. The van der Waals surface area contributed by atoms with Crippen LogP contribution in [0.4, 0.5) is 0 Å². The van der Waals surface area contributed by atoms with Crippen LogP contribution in [-0.4, -0.2) is 11.0 Å². The number of hydrogen-bond acceptors (Lipinski definition) is 3. The van der Waals surface area contributed by atoms with Gasteiger partial charge in [-0.1, -0.05) is 20.8 Å². The molecule has 2 rings (SSSR count). The minimum absolute atomic E-state index is 0. The maximum absolute atomic E-state index is 4.62. The second-order valence-corrected chi connectivity index (χ2v) is 5.88. The third-order valence-corrected chi connectivity index (χ3v) is 4.20. The number of aromatic nitrogens is 1. The van der Waals surface area contributed by atoms with Gasteiger partial charge < -0.3 is 5.32 Å². The molecule has 1 fully saturated rings. The van der Waals surface area contributed by atoms with Crippen molar-refractivity contribution in [2.75, 3.05) is 0 Å². The van der Waals surface area contributed by atoms with Gasteiger partial charge in [0, 0.05) is 23.9 Å². The number of nitrogens with one attached hydrogen (secondary N) is 1. The molecule has 1 heterocycles. The lowest BCUT2D eigenvalue weighted by Gasteiger charge is -2.33. The molecule has 16 heavy (non-hydrogen) atoms. The quantitative estimate of drug-likeness (QED) is 0.895. The summed E-state index contributed by atoms with van der Waals surface area (Å²) < 4.78 is 0. The fourth-order valence-electron chi connectivity index (χ4n) is 1.99. The highest BCUT2D eigenvalue weighted by Gasteiger charge is 2.24. The second-order valence-electron chi connectivity index (χ2n) is 4.99. The molecule has 0 aliphatic heterocycles. The Bertz CT molecular complexity index is 319. The van der Waals surface area contributed by atoms with Crippen LogP contribution in [0, 0.1) is 5.92 Å². The first-order chi connectivity index (χ1) is 7.15. The smallest absolute Gasteiger partial charge is 0.0954 e. The van der Waals surface area contributed by atoms with Gasteiger partial charge in [-0.15, -0.1) is 23.7 Å². The third kappa shape index (κ3) is 3.44. The zero-order valence-corrected chi connectivity index (χ0v) is 11.8. The van der Waals surface area contributed by atoms with Crippen LogP contribution in [-0.2, 0) is 6.54 Å². The molecule has 4 heteroatoms. The summed E-state index contributed by atoms with van der Waals surface area (Å²) >= 11 is 1.78. The van der Waals surface area contributed by atoms with E-state index in [2.05, 4.69) is 36.5 Å². The summed E-state index contributed by atoms with van der Waals surface area (Å²) in [6.07, 6.45) is 2.67. The first-order valence-corrected chi connectivity index (χ1v) is 6.70. The molecule has 1 N–H and O–H groups in total. The molecule has 0 radical (unpaired) electrons. The summed E-state index contributed by atoms with van der Waals surface area (Å²) in [7, 11) is 0. The summed E-state index contributed by atoms with van der Waals surface area (Å²) in [4.78, 5) is 4.62. The molecule has 0 saturated heterocycles. The van der Waals surface area contributed by atoms with Crippen LogP contribution in [0.15, 0.2) is 5.38 Å². The largest absolute Gasteiger partial charge is 0.308 e. The predicted molar refractivity (Wildman–Crippen MR) is 72.5 cm³/mol. The zero-order chi connectivity index (χ0) is 10.8. The van der Waals surface area contributed by atoms with E-state index < -0.39 is 0 Å². The van der Waals surface area contributed by atoms with Crippen LogP contribution in [0.3, 0.4) is 0 Å². The van der Waals surface area contributed by atoms with Crippen LogP contribution in [0.25, 0.3) is 0 Å². The van der Waals surface area contributed by atoms with E-state index in [9.17, 15) is 0 Å². The van der Waals surface area contributed by atoms with Crippen LogP contribution < -0.4 is 5.32 Å². The molecule has 0 amide bonds. The van der Waals surface area contributed by atoms with Gasteiger partial charge in [-0.2, -0.15) is 0 Å². The first kappa shape index (κ1) is 13.9. The Labute approximate surface area is 108 Å². The highest BCUT2D eigenvalue weighted by molar-refractivity contribution is 7.09. The van der Waals surface area contributed by atoms with Crippen molar-refractivity contribution < 1.29 is 0 Å². The Morgan fingerprint density at radius 2 is 2.19 bits per heavy atom. The average molecular weight is 261 g/mol. The van der Waals surface area contributed by atoms with E-state index in [0.29, 0.717) is 5.92 Å².